The third-order valence-electron chi connectivity index (χ3n) is 5.12. The highest BCUT2D eigenvalue weighted by Gasteiger charge is 2.32. The van der Waals surface area contributed by atoms with E-state index < -0.39 is 0 Å². The summed E-state index contributed by atoms with van der Waals surface area (Å²) in [5.74, 6) is 1.30. The first-order valence-electron chi connectivity index (χ1n) is 9.65. The Morgan fingerprint density at radius 1 is 1.29 bits per heavy atom. The Labute approximate surface area is 164 Å². The Morgan fingerprint density at radius 3 is 2.61 bits per heavy atom. The second kappa shape index (κ2) is 9.61. The lowest BCUT2D eigenvalue weighted by molar-refractivity contribution is -0.123. The van der Waals surface area contributed by atoms with Gasteiger partial charge < -0.3 is 15.2 Å². The third-order valence-corrected chi connectivity index (χ3v) is 5.12. The smallest absolute Gasteiger partial charge is 0.220 e. The van der Waals surface area contributed by atoms with Crippen LogP contribution in [0.3, 0.4) is 0 Å². The quantitative estimate of drug-likeness (QED) is 0.683. The summed E-state index contributed by atoms with van der Waals surface area (Å²) in [7, 11) is 1.66. The standard InChI is InChI=1S/C19H28N6O3/c1-3-28-16-6-4-14(5-7-16)17(19-21-22-23-25(19)12-13-27-2)24-10-8-15(9-11-24)18(20)26/h4-7,15,17H,3,8-13H2,1-2H3,(H2,20,26)/t17-/m0/s1. The fraction of sp³-hybridized carbons (Fsp3) is 0.579. The van der Waals surface area contributed by atoms with Gasteiger partial charge in [0.1, 0.15) is 5.75 Å². The molecule has 0 saturated carbocycles. The van der Waals surface area contributed by atoms with Crippen LogP contribution in [0.1, 0.15) is 37.2 Å². The summed E-state index contributed by atoms with van der Waals surface area (Å²) in [4.78, 5) is 13.8. The molecule has 1 fully saturated rings. The minimum Gasteiger partial charge on any atom is -0.494 e. The highest BCUT2D eigenvalue weighted by atomic mass is 16.5. The number of carbonyl (C=O) groups excluding carboxylic acids is 1. The van der Waals surface area contributed by atoms with Gasteiger partial charge in [0, 0.05) is 13.0 Å². The van der Waals surface area contributed by atoms with E-state index in [1.807, 2.05) is 31.2 Å². The number of rotatable bonds is 9. The predicted molar refractivity (Wildman–Crippen MR) is 103 cm³/mol. The minimum atomic E-state index is -0.220. The first-order chi connectivity index (χ1) is 13.6. The van der Waals surface area contributed by atoms with E-state index in [0.717, 1.165) is 43.1 Å². The first kappa shape index (κ1) is 20.2. The number of amides is 1. The largest absolute Gasteiger partial charge is 0.494 e. The van der Waals surface area contributed by atoms with Crippen molar-refractivity contribution in [1.82, 2.24) is 25.1 Å². The van der Waals surface area contributed by atoms with Crippen LogP contribution in [0.25, 0.3) is 0 Å². The lowest BCUT2D eigenvalue weighted by Crippen LogP contribution is -2.41. The molecule has 2 N–H and O–H groups in total. The maximum absolute atomic E-state index is 11.5. The maximum Gasteiger partial charge on any atom is 0.220 e. The van der Waals surface area contributed by atoms with Crippen LogP contribution in [0.2, 0.25) is 0 Å². The molecule has 1 saturated heterocycles. The van der Waals surface area contributed by atoms with Crippen LogP contribution in [0.5, 0.6) is 5.75 Å². The van der Waals surface area contributed by atoms with Crippen molar-refractivity contribution in [3.05, 3.63) is 35.7 Å². The Morgan fingerprint density at radius 2 is 2.00 bits per heavy atom. The molecular formula is C19H28N6O3. The van der Waals surface area contributed by atoms with Crippen molar-refractivity contribution >= 4 is 5.91 Å². The lowest BCUT2D eigenvalue weighted by Gasteiger charge is -2.36. The summed E-state index contributed by atoms with van der Waals surface area (Å²) in [5, 5.41) is 12.3. The van der Waals surface area contributed by atoms with Crippen molar-refractivity contribution in [2.45, 2.75) is 32.4 Å². The van der Waals surface area contributed by atoms with E-state index in [-0.39, 0.29) is 17.9 Å². The molecule has 152 valence electrons. The van der Waals surface area contributed by atoms with Crippen LogP contribution in [0.4, 0.5) is 0 Å². The lowest BCUT2D eigenvalue weighted by atomic mass is 9.93. The summed E-state index contributed by atoms with van der Waals surface area (Å²) >= 11 is 0. The molecule has 0 aliphatic carbocycles. The molecule has 1 aromatic carbocycles. The molecule has 0 radical (unpaired) electrons. The zero-order valence-corrected chi connectivity index (χ0v) is 16.5. The number of benzene rings is 1. The van der Waals surface area contributed by atoms with Gasteiger partial charge in [-0.05, 0) is 61.0 Å². The van der Waals surface area contributed by atoms with Crippen LogP contribution in [-0.2, 0) is 16.1 Å². The van der Waals surface area contributed by atoms with Crippen molar-refractivity contribution in [3.63, 3.8) is 0 Å². The van der Waals surface area contributed by atoms with Gasteiger partial charge in [-0.15, -0.1) is 5.10 Å². The van der Waals surface area contributed by atoms with Gasteiger partial charge in [0.15, 0.2) is 5.82 Å². The number of nitrogens with two attached hydrogens (primary N) is 1. The van der Waals surface area contributed by atoms with Gasteiger partial charge in [-0.3, -0.25) is 9.69 Å². The van der Waals surface area contributed by atoms with E-state index in [2.05, 4.69) is 20.4 Å². The number of hydrogen-bond acceptors (Lipinski definition) is 7. The topological polar surface area (TPSA) is 108 Å². The van der Waals surface area contributed by atoms with E-state index >= 15 is 0 Å². The molecule has 9 nitrogen and oxygen atoms in total. The molecule has 0 bridgehead atoms. The molecule has 3 rings (SSSR count). The SMILES string of the molecule is CCOc1ccc([C@@H](c2nnnn2CCOC)N2CCC(C(N)=O)CC2)cc1. The van der Waals surface area contributed by atoms with Crippen LogP contribution < -0.4 is 10.5 Å². The number of aromatic nitrogens is 4. The third kappa shape index (κ3) is 4.66. The molecule has 1 aromatic heterocycles. The molecule has 1 amide bonds. The van der Waals surface area contributed by atoms with E-state index in [9.17, 15) is 4.79 Å². The average Bonchev–Trinajstić information content (AvgIpc) is 3.16. The van der Waals surface area contributed by atoms with Gasteiger partial charge in [0.05, 0.1) is 25.8 Å². The van der Waals surface area contributed by atoms with Crippen LogP contribution in [-0.4, -0.2) is 64.4 Å². The molecule has 0 spiro atoms. The van der Waals surface area contributed by atoms with Gasteiger partial charge in [0.2, 0.25) is 5.91 Å². The number of tetrazole rings is 1. The average molecular weight is 388 g/mol. The number of primary amides is 1. The van der Waals surface area contributed by atoms with Gasteiger partial charge in [-0.1, -0.05) is 12.1 Å². The second-order valence-electron chi connectivity index (χ2n) is 6.87. The number of likely N-dealkylation sites (tertiary alicyclic amines) is 1. The van der Waals surface area contributed by atoms with E-state index in [4.69, 9.17) is 15.2 Å². The monoisotopic (exact) mass is 388 g/mol. The fourth-order valence-corrected chi connectivity index (χ4v) is 3.62. The van der Waals surface area contributed by atoms with E-state index in [1.165, 1.54) is 0 Å². The zero-order chi connectivity index (χ0) is 19.9. The minimum absolute atomic E-state index is 0.0679. The number of methoxy groups -OCH3 is 1. The van der Waals surface area contributed by atoms with Crippen molar-refractivity contribution in [2.24, 2.45) is 11.7 Å². The molecule has 9 heteroatoms. The van der Waals surface area contributed by atoms with Crippen LogP contribution in [0, 0.1) is 5.92 Å². The molecule has 2 aromatic rings. The summed E-state index contributed by atoms with van der Waals surface area (Å²) in [6.07, 6.45) is 1.48. The van der Waals surface area contributed by atoms with Crippen LogP contribution >= 0.6 is 0 Å². The normalized spacial score (nSPS) is 16.8. The van der Waals surface area contributed by atoms with Gasteiger partial charge in [-0.2, -0.15) is 0 Å². The predicted octanol–water partition coefficient (Wildman–Crippen LogP) is 1.00. The Bertz CT molecular complexity index is 755. The first-order valence-corrected chi connectivity index (χ1v) is 9.65. The highest BCUT2D eigenvalue weighted by Crippen LogP contribution is 2.32. The Kier molecular flexibility index (Phi) is 6.94. The number of ether oxygens (including phenoxy) is 2. The zero-order valence-electron chi connectivity index (χ0n) is 16.5. The molecule has 1 atom stereocenters. The van der Waals surface area contributed by atoms with Crippen molar-refractivity contribution in [2.75, 3.05) is 33.4 Å². The molecule has 28 heavy (non-hydrogen) atoms. The van der Waals surface area contributed by atoms with Gasteiger partial charge in [0.25, 0.3) is 0 Å². The number of hydrogen-bond donors (Lipinski definition) is 1. The van der Waals surface area contributed by atoms with Crippen LogP contribution in [0.15, 0.2) is 24.3 Å². The number of piperidine rings is 1. The van der Waals surface area contributed by atoms with Gasteiger partial charge >= 0.3 is 0 Å². The van der Waals surface area contributed by atoms with Crippen molar-refractivity contribution in [1.29, 1.82) is 0 Å². The van der Waals surface area contributed by atoms with E-state index in [1.54, 1.807) is 11.8 Å². The maximum atomic E-state index is 11.5. The number of carbonyl (C=O) groups is 1. The fourth-order valence-electron chi connectivity index (χ4n) is 3.62. The Hall–Kier alpha value is -2.52. The van der Waals surface area contributed by atoms with Gasteiger partial charge in [-0.25, -0.2) is 4.68 Å². The molecule has 2 heterocycles. The summed E-state index contributed by atoms with van der Waals surface area (Å²) in [6, 6.07) is 7.91. The molecule has 1 aliphatic heterocycles. The molecular weight excluding hydrogens is 360 g/mol. The highest BCUT2D eigenvalue weighted by molar-refractivity contribution is 5.76. The van der Waals surface area contributed by atoms with Crippen molar-refractivity contribution < 1.29 is 14.3 Å². The summed E-state index contributed by atoms with van der Waals surface area (Å²) < 4.78 is 12.5. The van der Waals surface area contributed by atoms with E-state index in [0.29, 0.717) is 19.8 Å². The molecule has 1 aliphatic rings. The number of nitrogens with zero attached hydrogens (tertiary/aromatic N) is 5. The molecule has 0 unspecified atom stereocenters. The van der Waals surface area contributed by atoms with Crippen molar-refractivity contribution in [3.8, 4) is 5.75 Å². The summed E-state index contributed by atoms with van der Waals surface area (Å²) in [5.41, 5.74) is 6.58. The Balaban J connectivity index is 1.88. The second-order valence-corrected chi connectivity index (χ2v) is 6.87. The summed E-state index contributed by atoms with van der Waals surface area (Å²) in [6.45, 7) is 5.19.